The highest BCUT2D eigenvalue weighted by Crippen LogP contribution is 2.35. The molecule has 9 heteroatoms. The summed E-state index contributed by atoms with van der Waals surface area (Å²) in [5.41, 5.74) is 3.59. The number of halogens is 1. The minimum atomic E-state index is -0.229. The first-order valence-electron chi connectivity index (χ1n) is 14.3. The molecule has 0 radical (unpaired) electrons. The normalized spacial score (nSPS) is 20.2. The first-order valence-corrected chi connectivity index (χ1v) is 14.7. The summed E-state index contributed by atoms with van der Waals surface area (Å²) in [5.74, 6) is 2.74. The van der Waals surface area contributed by atoms with Crippen LogP contribution in [0.4, 0.5) is 22.0 Å². The molecule has 3 aliphatic rings. The van der Waals surface area contributed by atoms with Crippen molar-refractivity contribution < 1.29 is 9.13 Å². The molecule has 0 spiro atoms. The fraction of sp³-hybridized carbons (Fsp3) is 0.452. The van der Waals surface area contributed by atoms with Gasteiger partial charge in [0.1, 0.15) is 17.5 Å². The highest BCUT2D eigenvalue weighted by atomic mass is 32.1. The number of nitrogens with zero attached hydrogens (tertiary/aromatic N) is 4. The number of aromatic nitrogens is 2. The number of benzene rings is 2. The molecule has 1 aromatic heterocycles. The van der Waals surface area contributed by atoms with Gasteiger partial charge < -0.3 is 25.2 Å². The van der Waals surface area contributed by atoms with E-state index in [1.807, 2.05) is 12.1 Å². The van der Waals surface area contributed by atoms with Crippen molar-refractivity contribution in [3.63, 3.8) is 0 Å². The van der Waals surface area contributed by atoms with Crippen LogP contribution >= 0.6 is 12.2 Å². The van der Waals surface area contributed by atoms with Gasteiger partial charge in [0.15, 0.2) is 5.11 Å². The van der Waals surface area contributed by atoms with Crippen molar-refractivity contribution in [3.8, 4) is 0 Å². The minimum Gasteiger partial charge on any atom is -0.381 e. The molecule has 2 N–H and O–H groups in total. The number of hydrogen-bond donors (Lipinski definition) is 2. The number of thiocarbonyl (C=S) groups is 1. The maximum absolute atomic E-state index is 13.7. The van der Waals surface area contributed by atoms with E-state index in [0.29, 0.717) is 36.7 Å². The topological polar surface area (TPSA) is 65.5 Å². The van der Waals surface area contributed by atoms with E-state index in [-0.39, 0.29) is 11.2 Å². The molecule has 2 fully saturated rings. The summed E-state index contributed by atoms with van der Waals surface area (Å²) in [7, 11) is 0. The smallest absolute Gasteiger partial charge is 0.232 e. The van der Waals surface area contributed by atoms with Crippen LogP contribution < -0.4 is 20.4 Å². The number of nitrogens with one attached hydrogen (secondary N) is 2. The van der Waals surface area contributed by atoms with E-state index in [1.54, 1.807) is 0 Å². The number of fused-ring (bicyclic) bond motifs is 1. The van der Waals surface area contributed by atoms with E-state index in [2.05, 4.69) is 57.7 Å². The molecule has 3 aliphatic heterocycles. The lowest BCUT2D eigenvalue weighted by molar-refractivity contribution is 0.0515. The van der Waals surface area contributed by atoms with Gasteiger partial charge in [-0.15, -0.1) is 0 Å². The highest BCUT2D eigenvalue weighted by Gasteiger charge is 2.35. The second-order valence-electron chi connectivity index (χ2n) is 11.4. The summed E-state index contributed by atoms with van der Waals surface area (Å²) in [6.45, 7) is 7.89. The molecule has 2 saturated heterocycles. The molecule has 4 heterocycles. The minimum absolute atomic E-state index is 0.184. The fourth-order valence-electron chi connectivity index (χ4n) is 6.22. The lowest BCUT2D eigenvalue weighted by atomic mass is 9.74. The van der Waals surface area contributed by atoms with Crippen molar-refractivity contribution in [3.05, 3.63) is 77.1 Å². The molecule has 7 nitrogen and oxygen atoms in total. The van der Waals surface area contributed by atoms with Gasteiger partial charge in [-0.25, -0.2) is 4.39 Å². The Morgan fingerprint density at radius 2 is 1.70 bits per heavy atom. The molecule has 210 valence electrons. The highest BCUT2D eigenvalue weighted by molar-refractivity contribution is 7.80. The Kier molecular flexibility index (Phi) is 7.85. The molecule has 40 heavy (non-hydrogen) atoms. The van der Waals surface area contributed by atoms with Gasteiger partial charge in [0.25, 0.3) is 0 Å². The molecule has 0 bridgehead atoms. The standard InChI is InChI=1S/C31H37FN6OS/c1-22-5-4-14-37(18-22)27-17-28(38-19-23-6-2-3-7-24(23)20-38)35-29(34-27)36-30(40)33-21-31(12-15-39-16-13-31)25-8-10-26(32)11-9-25/h2-3,6-11,17,22H,4-5,12-16,18-21H2,1H3,(H2,33,34,35,36,40)/t22-/m1/s1. The van der Waals surface area contributed by atoms with E-state index >= 15 is 0 Å². The molecule has 0 unspecified atom stereocenters. The van der Waals surface area contributed by atoms with Crippen molar-refractivity contribution >= 4 is 34.9 Å². The Balaban J connectivity index is 1.21. The largest absolute Gasteiger partial charge is 0.381 e. The average molecular weight is 561 g/mol. The summed E-state index contributed by atoms with van der Waals surface area (Å²) in [4.78, 5) is 14.5. The van der Waals surface area contributed by atoms with Gasteiger partial charge >= 0.3 is 0 Å². The molecule has 0 amide bonds. The zero-order valence-electron chi connectivity index (χ0n) is 23.0. The molecular weight excluding hydrogens is 523 g/mol. The molecular formula is C31H37FN6OS. The summed E-state index contributed by atoms with van der Waals surface area (Å²) >= 11 is 5.76. The summed E-state index contributed by atoms with van der Waals surface area (Å²) in [5, 5.41) is 7.20. The Hall–Kier alpha value is -3.30. The summed E-state index contributed by atoms with van der Waals surface area (Å²) in [6.07, 6.45) is 4.09. The quantitative estimate of drug-likeness (QED) is 0.388. The van der Waals surface area contributed by atoms with Crippen LogP contribution in [0, 0.1) is 11.7 Å². The van der Waals surface area contributed by atoms with E-state index in [1.165, 1.54) is 29.7 Å². The molecule has 2 aromatic carbocycles. The maximum Gasteiger partial charge on any atom is 0.232 e. The Bertz CT molecular complexity index is 1320. The van der Waals surface area contributed by atoms with Crippen molar-refractivity contribution in [2.45, 2.75) is 51.1 Å². The van der Waals surface area contributed by atoms with Crippen LogP contribution in [0.5, 0.6) is 0 Å². The van der Waals surface area contributed by atoms with Crippen LogP contribution in [0.1, 0.15) is 49.3 Å². The van der Waals surface area contributed by atoms with Gasteiger partial charge in [0, 0.05) is 57.4 Å². The Labute approximate surface area is 241 Å². The average Bonchev–Trinajstić information content (AvgIpc) is 3.42. The van der Waals surface area contributed by atoms with Gasteiger partial charge in [0.05, 0.1) is 0 Å². The lowest BCUT2D eigenvalue weighted by Gasteiger charge is -2.38. The van der Waals surface area contributed by atoms with Crippen LogP contribution in [0.3, 0.4) is 0 Å². The van der Waals surface area contributed by atoms with E-state index in [0.717, 1.165) is 62.6 Å². The van der Waals surface area contributed by atoms with Crippen molar-refractivity contribution in [2.24, 2.45) is 5.92 Å². The summed E-state index contributed by atoms with van der Waals surface area (Å²) < 4.78 is 19.3. The molecule has 0 saturated carbocycles. The van der Waals surface area contributed by atoms with Crippen molar-refractivity contribution in [1.82, 2.24) is 15.3 Å². The monoisotopic (exact) mass is 560 g/mol. The number of rotatable bonds is 6. The SMILES string of the molecule is C[C@@H]1CCCN(c2cc(N3Cc4ccccc4C3)nc(NC(=S)NCC3(c4ccc(F)cc4)CCOCC3)n2)C1. The molecule has 6 rings (SSSR count). The second kappa shape index (κ2) is 11.7. The fourth-order valence-corrected chi connectivity index (χ4v) is 6.39. The van der Waals surface area contributed by atoms with E-state index in [9.17, 15) is 4.39 Å². The van der Waals surface area contributed by atoms with Gasteiger partial charge in [-0.3, -0.25) is 0 Å². The van der Waals surface area contributed by atoms with Gasteiger partial charge in [-0.05, 0) is 72.6 Å². The van der Waals surface area contributed by atoms with Crippen LogP contribution in [0.2, 0.25) is 0 Å². The first kappa shape index (κ1) is 26.9. The zero-order chi connectivity index (χ0) is 27.5. The number of anilines is 3. The van der Waals surface area contributed by atoms with Crippen molar-refractivity contribution in [1.29, 1.82) is 0 Å². The van der Waals surface area contributed by atoms with Gasteiger partial charge in [0.2, 0.25) is 5.95 Å². The predicted molar refractivity (Wildman–Crippen MR) is 161 cm³/mol. The van der Waals surface area contributed by atoms with E-state index in [4.69, 9.17) is 26.9 Å². The number of piperidine rings is 1. The van der Waals surface area contributed by atoms with Gasteiger partial charge in [-0.2, -0.15) is 9.97 Å². The van der Waals surface area contributed by atoms with Crippen LogP contribution in [0.25, 0.3) is 0 Å². The zero-order valence-corrected chi connectivity index (χ0v) is 23.9. The number of hydrogen-bond acceptors (Lipinski definition) is 6. The summed E-state index contributed by atoms with van der Waals surface area (Å²) in [6, 6.07) is 17.5. The third-order valence-electron chi connectivity index (χ3n) is 8.56. The lowest BCUT2D eigenvalue weighted by Crippen LogP contribution is -2.45. The van der Waals surface area contributed by atoms with E-state index < -0.39 is 0 Å². The molecule has 1 atom stereocenters. The predicted octanol–water partition coefficient (Wildman–Crippen LogP) is 5.41. The van der Waals surface area contributed by atoms with Crippen LogP contribution in [-0.4, -0.2) is 47.9 Å². The Morgan fingerprint density at radius 1 is 1.02 bits per heavy atom. The van der Waals surface area contributed by atoms with Crippen LogP contribution in [0.15, 0.2) is 54.6 Å². The molecule has 0 aliphatic carbocycles. The van der Waals surface area contributed by atoms with Crippen LogP contribution in [-0.2, 0) is 23.2 Å². The third kappa shape index (κ3) is 5.90. The third-order valence-corrected chi connectivity index (χ3v) is 8.81. The number of ether oxygens (including phenoxy) is 1. The second-order valence-corrected chi connectivity index (χ2v) is 11.8. The first-order chi connectivity index (χ1) is 19.5. The van der Waals surface area contributed by atoms with Gasteiger partial charge in [-0.1, -0.05) is 43.3 Å². The Morgan fingerprint density at radius 3 is 2.38 bits per heavy atom. The molecule has 3 aromatic rings. The maximum atomic E-state index is 13.7. The van der Waals surface area contributed by atoms with Crippen molar-refractivity contribution in [2.75, 3.05) is 48.0 Å².